The molecule has 3 aromatic carbocycles. The summed E-state index contributed by atoms with van der Waals surface area (Å²) >= 11 is 0. The summed E-state index contributed by atoms with van der Waals surface area (Å²) in [6.45, 7) is 0.480. The first kappa shape index (κ1) is 21.6. The van der Waals surface area contributed by atoms with Gasteiger partial charge >= 0.3 is 6.03 Å². The van der Waals surface area contributed by atoms with Crippen molar-refractivity contribution in [3.8, 4) is 11.4 Å². The number of ether oxygens (including phenoxy) is 1. The van der Waals surface area contributed by atoms with Crippen LogP contribution in [0.3, 0.4) is 0 Å². The van der Waals surface area contributed by atoms with Crippen molar-refractivity contribution in [2.75, 3.05) is 31.4 Å². The molecule has 0 saturated heterocycles. The van der Waals surface area contributed by atoms with E-state index >= 15 is 0 Å². The summed E-state index contributed by atoms with van der Waals surface area (Å²) in [5.41, 5.74) is 6.09. The maximum atomic E-state index is 13.8. The van der Waals surface area contributed by atoms with Crippen LogP contribution in [-0.4, -0.2) is 36.7 Å². The number of urea groups is 1. The van der Waals surface area contributed by atoms with E-state index in [1.54, 1.807) is 7.11 Å². The van der Waals surface area contributed by atoms with E-state index in [1.165, 1.54) is 0 Å². The Morgan fingerprint density at radius 1 is 0.971 bits per heavy atom. The fraction of sp³-hybridized carbons (Fsp3) is 0.179. The number of methoxy groups -OCH3 is 1. The third-order valence-corrected chi connectivity index (χ3v) is 6.27. The van der Waals surface area contributed by atoms with Gasteiger partial charge in [-0.3, -0.25) is 0 Å². The smallest absolute Gasteiger partial charge is 0.322 e. The third kappa shape index (κ3) is 3.99. The van der Waals surface area contributed by atoms with E-state index in [4.69, 9.17) is 4.74 Å². The van der Waals surface area contributed by atoms with Crippen LogP contribution in [0.1, 0.15) is 22.9 Å². The Bertz CT molecular complexity index is 1310. The lowest BCUT2D eigenvalue weighted by atomic mass is 10.0. The molecule has 5 rings (SSSR count). The van der Waals surface area contributed by atoms with E-state index in [0.29, 0.717) is 18.0 Å². The molecule has 172 valence electrons. The molecule has 6 heteroatoms. The van der Waals surface area contributed by atoms with Gasteiger partial charge < -0.3 is 24.4 Å². The zero-order chi connectivity index (χ0) is 23.7. The molecule has 1 unspecified atom stereocenters. The Morgan fingerprint density at radius 2 is 1.76 bits per heavy atom. The maximum absolute atomic E-state index is 13.8. The molecular weight excluding hydrogens is 424 g/mol. The van der Waals surface area contributed by atoms with Crippen LogP contribution in [0.25, 0.3) is 5.69 Å². The first-order chi connectivity index (χ1) is 16.5. The Morgan fingerprint density at radius 3 is 2.53 bits per heavy atom. The van der Waals surface area contributed by atoms with Gasteiger partial charge in [-0.25, -0.2) is 4.79 Å². The first-order valence-corrected chi connectivity index (χ1v) is 11.3. The highest BCUT2D eigenvalue weighted by molar-refractivity contribution is 5.90. The lowest BCUT2D eigenvalue weighted by Gasteiger charge is -2.31. The molecule has 34 heavy (non-hydrogen) atoms. The van der Waals surface area contributed by atoms with Gasteiger partial charge in [-0.15, -0.1) is 0 Å². The van der Waals surface area contributed by atoms with Crippen LogP contribution in [0.5, 0.6) is 5.75 Å². The van der Waals surface area contributed by atoms with Crippen LogP contribution < -0.4 is 15.0 Å². The number of fused-ring (bicyclic) bond motifs is 3. The Balaban J connectivity index is 1.60. The highest BCUT2D eigenvalue weighted by Gasteiger charge is 2.33. The summed E-state index contributed by atoms with van der Waals surface area (Å²) < 4.78 is 7.53. The van der Waals surface area contributed by atoms with Crippen LogP contribution in [-0.2, 0) is 6.54 Å². The summed E-state index contributed by atoms with van der Waals surface area (Å²) in [6.07, 6.45) is 2.07. The number of rotatable bonds is 4. The first-order valence-electron chi connectivity index (χ1n) is 11.3. The fourth-order valence-electron chi connectivity index (χ4n) is 4.54. The average molecular weight is 453 g/mol. The van der Waals surface area contributed by atoms with Gasteiger partial charge in [0.25, 0.3) is 0 Å². The number of anilines is 2. The Labute approximate surface area is 200 Å². The zero-order valence-electron chi connectivity index (χ0n) is 19.6. The van der Waals surface area contributed by atoms with Crippen molar-refractivity contribution >= 4 is 17.4 Å². The highest BCUT2D eigenvalue weighted by atomic mass is 16.5. The molecule has 0 saturated carbocycles. The number of carbonyl (C=O) groups excluding carboxylic acids is 1. The highest BCUT2D eigenvalue weighted by Crippen LogP contribution is 2.37. The summed E-state index contributed by atoms with van der Waals surface area (Å²) in [7, 11) is 5.67. The molecule has 1 aliphatic rings. The minimum absolute atomic E-state index is 0.167. The molecule has 0 bridgehead atoms. The SMILES string of the molecule is COc1cccc(NC(=O)N2Cc3ccccc3-n3cccc3C2c2ccc(N(C)C)cc2)c1. The molecule has 1 N–H and O–H groups in total. The van der Waals surface area contributed by atoms with Gasteiger partial charge in [-0.05, 0) is 53.6 Å². The molecule has 0 aliphatic carbocycles. The van der Waals surface area contributed by atoms with Crippen LogP contribution in [0.15, 0.2) is 91.1 Å². The predicted molar refractivity (Wildman–Crippen MR) is 136 cm³/mol. The van der Waals surface area contributed by atoms with Crippen molar-refractivity contribution in [3.05, 3.63) is 108 Å². The van der Waals surface area contributed by atoms with Crippen LogP contribution in [0.4, 0.5) is 16.2 Å². The van der Waals surface area contributed by atoms with Crippen molar-refractivity contribution in [2.24, 2.45) is 0 Å². The average Bonchev–Trinajstić information content (AvgIpc) is 3.28. The van der Waals surface area contributed by atoms with Crippen molar-refractivity contribution in [1.82, 2.24) is 9.47 Å². The molecule has 2 heterocycles. The lowest BCUT2D eigenvalue weighted by molar-refractivity contribution is 0.194. The van der Waals surface area contributed by atoms with Crippen LogP contribution >= 0.6 is 0 Å². The van der Waals surface area contributed by atoms with Gasteiger partial charge in [0.05, 0.1) is 25.4 Å². The number of nitrogens with one attached hydrogen (secondary N) is 1. The fourth-order valence-corrected chi connectivity index (χ4v) is 4.54. The van der Waals surface area contributed by atoms with Gasteiger partial charge in [0.1, 0.15) is 5.75 Å². The number of para-hydroxylation sites is 1. The van der Waals surface area contributed by atoms with Gasteiger partial charge in [0.15, 0.2) is 0 Å². The standard InChI is InChI=1S/C28H28N4O2/c1-30(2)23-15-13-20(14-16-23)27-26-12-7-17-31(26)25-11-5-4-8-21(25)19-32(27)28(33)29-22-9-6-10-24(18-22)34-3/h4-18,27H,19H2,1-3H3,(H,29,33). The van der Waals surface area contributed by atoms with Gasteiger partial charge in [-0.1, -0.05) is 36.4 Å². The molecule has 0 radical (unpaired) electrons. The number of nitrogens with zero attached hydrogens (tertiary/aromatic N) is 3. The topological polar surface area (TPSA) is 49.7 Å². The van der Waals surface area contributed by atoms with Crippen molar-refractivity contribution < 1.29 is 9.53 Å². The van der Waals surface area contributed by atoms with Crippen molar-refractivity contribution in [3.63, 3.8) is 0 Å². The molecular formula is C28H28N4O2. The van der Waals surface area contributed by atoms with E-state index in [1.807, 2.05) is 61.5 Å². The number of hydrogen-bond acceptors (Lipinski definition) is 3. The second-order valence-electron chi connectivity index (χ2n) is 8.61. The van der Waals surface area contributed by atoms with E-state index in [-0.39, 0.29) is 12.1 Å². The number of amides is 2. The van der Waals surface area contributed by atoms with E-state index in [9.17, 15) is 4.79 Å². The Hall–Kier alpha value is -4.19. The van der Waals surface area contributed by atoms with Crippen LogP contribution in [0.2, 0.25) is 0 Å². The molecule has 0 spiro atoms. The lowest BCUT2D eigenvalue weighted by Crippen LogP contribution is -2.37. The van der Waals surface area contributed by atoms with E-state index < -0.39 is 0 Å². The minimum atomic E-state index is -0.260. The molecule has 6 nitrogen and oxygen atoms in total. The molecule has 1 atom stereocenters. The van der Waals surface area contributed by atoms with Gasteiger partial charge in [0, 0.05) is 43.4 Å². The number of carbonyl (C=O) groups is 1. The summed E-state index contributed by atoms with van der Waals surface area (Å²) in [6, 6.07) is 27.8. The quantitative estimate of drug-likeness (QED) is 0.433. The molecule has 1 aliphatic heterocycles. The molecule has 0 fully saturated rings. The summed E-state index contributed by atoms with van der Waals surface area (Å²) in [5.74, 6) is 0.698. The number of hydrogen-bond donors (Lipinski definition) is 1. The van der Waals surface area contributed by atoms with E-state index in [2.05, 4.69) is 63.4 Å². The van der Waals surface area contributed by atoms with Crippen molar-refractivity contribution in [1.29, 1.82) is 0 Å². The second-order valence-corrected chi connectivity index (χ2v) is 8.61. The van der Waals surface area contributed by atoms with Crippen molar-refractivity contribution in [2.45, 2.75) is 12.6 Å². The summed E-state index contributed by atoms with van der Waals surface area (Å²) in [5, 5.41) is 3.09. The van der Waals surface area contributed by atoms with Gasteiger partial charge in [-0.2, -0.15) is 0 Å². The van der Waals surface area contributed by atoms with Gasteiger partial charge in [0.2, 0.25) is 0 Å². The van der Waals surface area contributed by atoms with E-state index in [0.717, 1.165) is 28.2 Å². The predicted octanol–water partition coefficient (Wildman–Crippen LogP) is 5.69. The minimum Gasteiger partial charge on any atom is -0.497 e. The van der Waals surface area contributed by atoms with Crippen LogP contribution in [0, 0.1) is 0 Å². The largest absolute Gasteiger partial charge is 0.497 e. The molecule has 1 aromatic heterocycles. The number of benzene rings is 3. The second kappa shape index (κ2) is 8.98. The zero-order valence-corrected chi connectivity index (χ0v) is 19.6. The normalized spacial score (nSPS) is 14.6. The number of aromatic nitrogens is 1. The summed E-state index contributed by atoms with van der Waals surface area (Å²) in [4.78, 5) is 17.8. The third-order valence-electron chi connectivity index (χ3n) is 6.27. The maximum Gasteiger partial charge on any atom is 0.322 e. The monoisotopic (exact) mass is 452 g/mol. The Kier molecular flexibility index (Phi) is 5.72. The molecule has 4 aromatic rings. The molecule has 2 amide bonds.